The quantitative estimate of drug-likeness (QED) is 0.388. The fourth-order valence-corrected chi connectivity index (χ4v) is 2.85. The van der Waals surface area contributed by atoms with Crippen LogP contribution < -0.4 is 9.47 Å². The van der Waals surface area contributed by atoms with Crippen molar-refractivity contribution in [3.8, 4) is 34.1 Å². The third kappa shape index (κ3) is 2.98. The number of aromatic nitrogens is 4. The van der Waals surface area contributed by atoms with Crippen molar-refractivity contribution in [1.29, 1.82) is 0 Å². The van der Waals surface area contributed by atoms with E-state index in [0.29, 0.717) is 22.8 Å². The van der Waals surface area contributed by atoms with E-state index >= 15 is 0 Å². The lowest BCUT2D eigenvalue weighted by atomic mass is 10.1. The minimum atomic E-state index is -0.478. The molecular weight excluding hydrogens is 362 g/mol. The van der Waals surface area contributed by atoms with Crippen molar-refractivity contribution in [2.45, 2.75) is 0 Å². The molecule has 0 aliphatic heterocycles. The van der Waals surface area contributed by atoms with Crippen LogP contribution in [0.3, 0.4) is 0 Å². The first kappa shape index (κ1) is 17.4. The normalized spacial score (nSPS) is 10.8. The number of benzene rings is 2. The lowest BCUT2D eigenvalue weighted by Gasteiger charge is -2.07. The molecule has 0 unspecified atom stereocenters. The molecule has 9 heteroatoms. The van der Waals surface area contributed by atoms with E-state index in [4.69, 9.17) is 9.47 Å². The van der Waals surface area contributed by atoms with Gasteiger partial charge in [-0.3, -0.25) is 10.1 Å². The Morgan fingerprint density at radius 2 is 1.75 bits per heavy atom. The third-order valence-electron chi connectivity index (χ3n) is 4.29. The highest BCUT2D eigenvalue weighted by atomic mass is 16.6. The van der Waals surface area contributed by atoms with Crippen molar-refractivity contribution >= 4 is 11.3 Å². The second-order valence-corrected chi connectivity index (χ2v) is 5.88. The summed E-state index contributed by atoms with van der Waals surface area (Å²) in [6.45, 7) is 0. The zero-order valence-electron chi connectivity index (χ0n) is 15.1. The van der Waals surface area contributed by atoms with Crippen LogP contribution in [0.5, 0.6) is 11.5 Å². The van der Waals surface area contributed by atoms with Crippen LogP contribution in [0.25, 0.3) is 28.3 Å². The van der Waals surface area contributed by atoms with Crippen LogP contribution in [-0.4, -0.2) is 39.0 Å². The molecule has 0 fully saturated rings. The molecule has 2 aromatic heterocycles. The maximum Gasteiger partial charge on any atom is 0.273 e. The summed E-state index contributed by atoms with van der Waals surface area (Å²) in [7, 11) is 3.06. The third-order valence-corrected chi connectivity index (χ3v) is 4.29. The Morgan fingerprint density at radius 3 is 2.43 bits per heavy atom. The molecule has 0 saturated heterocycles. The molecule has 0 atom stereocenters. The first-order valence-electron chi connectivity index (χ1n) is 8.30. The standard InChI is InChI=1S/C19H15N5O4/c1-27-14-6-3-12(4-7-14)16-9-10-18-20-21-19(23(18)22-16)15-8-5-13(24(25)26)11-17(15)28-2/h3-11H,1-2H3. The molecule has 140 valence electrons. The van der Waals surface area contributed by atoms with Gasteiger partial charge < -0.3 is 9.47 Å². The van der Waals surface area contributed by atoms with E-state index in [1.165, 1.54) is 19.2 Å². The van der Waals surface area contributed by atoms with Crippen LogP contribution in [-0.2, 0) is 0 Å². The zero-order valence-corrected chi connectivity index (χ0v) is 15.1. The first-order valence-corrected chi connectivity index (χ1v) is 8.30. The number of rotatable bonds is 5. The number of hydrogen-bond donors (Lipinski definition) is 0. The molecule has 2 aromatic carbocycles. The van der Waals surface area contributed by atoms with Gasteiger partial charge in [-0.05, 0) is 42.5 Å². The monoisotopic (exact) mass is 377 g/mol. The van der Waals surface area contributed by atoms with Crippen LogP contribution in [0.1, 0.15) is 0 Å². The number of fused-ring (bicyclic) bond motifs is 1. The minimum absolute atomic E-state index is 0.0682. The molecule has 2 heterocycles. The largest absolute Gasteiger partial charge is 0.497 e. The highest BCUT2D eigenvalue weighted by Crippen LogP contribution is 2.32. The van der Waals surface area contributed by atoms with Gasteiger partial charge in [-0.2, -0.15) is 9.61 Å². The van der Waals surface area contributed by atoms with Gasteiger partial charge >= 0.3 is 0 Å². The van der Waals surface area contributed by atoms with Crippen LogP contribution in [0.15, 0.2) is 54.6 Å². The minimum Gasteiger partial charge on any atom is -0.497 e. The molecule has 0 bridgehead atoms. The number of non-ortho nitro benzene ring substituents is 1. The molecule has 9 nitrogen and oxygen atoms in total. The Labute approximate surface area is 159 Å². The Kier molecular flexibility index (Phi) is 4.32. The second-order valence-electron chi connectivity index (χ2n) is 5.88. The summed E-state index contributed by atoms with van der Waals surface area (Å²) in [4.78, 5) is 10.5. The molecule has 4 rings (SSSR count). The summed E-state index contributed by atoms with van der Waals surface area (Å²) < 4.78 is 12.1. The topological polar surface area (TPSA) is 105 Å². The Balaban J connectivity index is 1.83. The summed E-state index contributed by atoms with van der Waals surface area (Å²) in [6.07, 6.45) is 0. The van der Waals surface area contributed by atoms with Gasteiger partial charge in [-0.1, -0.05) is 0 Å². The predicted octanol–water partition coefficient (Wildman–Crippen LogP) is 3.38. The van der Waals surface area contributed by atoms with Crippen molar-refractivity contribution in [3.63, 3.8) is 0 Å². The molecule has 0 radical (unpaired) electrons. The van der Waals surface area contributed by atoms with Gasteiger partial charge in [0.2, 0.25) is 0 Å². The van der Waals surface area contributed by atoms with Gasteiger partial charge in [0.15, 0.2) is 11.5 Å². The average molecular weight is 377 g/mol. The average Bonchev–Trinajstić information content (AvgIpc) is 3.16. The van der Waals surface area contributed by atoms with Gasteiger partial charge in [0.1, 0.15) is 11.5 Å². The fraction of sp³-hybridized carbons (Fsp3) is 0.105. The van der Waals surface area contributed by atoms with E-state index in [2.05, 4.69) is 15.3 Å². The second kappa shape index (κ2) is 6.95. The Hall–Kier alpha value is -4.01. The first-order chi connectivity index (χ1) is 13.6. The van der Waals surface area contributed by atoms with Crippen molar-refractivity contribution in [2.24, 2.45) is 0 Å². The molecule has 4 aromatic rings. The molecule has 0 aliphatic rings. The highest BCUT2D eigenvalue weighted by Gasteiger charge is 2.18. The highest BCUT2D eigenvalue weighted by molar-refractivity contribution is 5.69. The number of hydrogen-bond acceptors (Lipinski definition) is 7. The van der Waals surface area contributed by atoms with E-state index in [-0.39, 0.29) is 5.69 Å². The molecule has 0 N–H and O–H groups in total. The van der Waals surface area contributed by atoms with Gasteiger partial charge in [0, 0.05) is 11.6 Å². The van der Waals surface area contributed by atoms with Crippen molar-refractivity contribution in [2.75, 3.05) is 14.2 Å². The molecule has 0 amide bonds. The summed E-state index contributed by atoms with van der Waals surface area (Å²) in [5.74, 6) is 1.50. The van der Waals surface area contributed by atoms with Gasteiger partial charge in [0.05, 0.1) is 36.5 Å². The Bertz CT molecular complexity index is 1170. The number of nitro groups is 1. The summed E-state index contributed by atoms with van der Waals surface area (Å²) in [6, 6.07) is 15.5. The number of nitro benzene ring substituents is 1. The molecular formula is C19H15N5O4. The van der Waals surface area contributed by atoms with E-state index < -0.39 is 4.92 Å². The van der Waals surface area contributed by atoms with Crippen molar-refractivity contribution in [3.05, 3.63) is 64.7 Å². The van der Waals surface area contributed by atoms with Gasteiger partial charge in [-0.25, -0.2) is 0 Å². The van der Waals surface area contributed by atoms with Crippen LogP contribution in [0, 0.1) is 10.1 Å². The van der Waals surface area contributed by atoms with E-state index in [0.717, 1.165) is 17.0 Å². The maximum atomic E-state index is 11.0. The predicted molar refractivity (Wildman–Crippen MR) is 101 cm³/mol. The lowest BCUT2D eigenvalue weighted by Crippen LogP contribution is -1.99. The molecule has 28 heavy (non-hydrogen) atoms. The van der Waals surface area contributed by atoms with Gasteiger partial charge in [0.25, 0.3) is 5.69 Å². The maximum absolute atomic E-state index is 11.0. The van der Waals surface area contributed by atoms with Crippen LogP contribution in [0.2, 0.25) is 0 Å². The smallest absolute Gasteiger partial charge is 0.273 e. The van der Waals surface area contributed by atoms with E-state index in [1.807, 2.05) is 30.3 Å². The molecule has 0 saturated carbocycles. The van der Waals surface area contributed by atoms with Gasteiger partial charge in [-0.15, -0.1) is 10.2 Å². The zero-order chi connectivity index (χ0) is 19.7. The SMILES string of the molecule is COc1ccc(-c2ccc3nnc(-c4ccc([N+](=O)[O-])cc4OC)n3n2)cc1. The lowest BCUT2D eigenvalue weighted by molar-refractivity contribution is -0.384. The van der Waals surface area contributed by atoms with E-state index in [1.54, 1.807) is 23.8 Å². The van der Waals surface area contributed by atoms with Crippen molar-refractivity contribution < 1.29 is 14.4 Å². The summed E-state index contributed by atoms with van der Waals surface area (Å²) in [5.41, 5.74) is 2.66. The summed E-state index contributed by atoms with van der Waals surface area (Å²) >= 11 is 0. The van der Waals surface area contributed by atoms with Crippen molar-refractivity contribution in [1.82, 2.24) is 19.8 Å². The fourth-order valence-electron chi connectivity index (χ4n) is 2.85. The molecule has 0 spiro atoms. The van der Waals surface area contributed by atoms with E-state index in [9.17, 15) is 10.1 Å². The molecule has 0 aliphatic carbocycles. The number of methoxy groups -OCH3 is 2. The Morgan fingerprint density at radius 1 is 0.964 bits per heavy atom. The van der Waals surface area contributed by atoms with Crippen LogP contribution in [0.4, 0.5) is 5.69 Å². The number of nitrogens with zero attached hydrogens (tertiary/aromatic N) is 5. The number of ether oxygens (including phenoxy) is 2. The van der Waals surface area contributed by atoms with Crippen LogP contribution >= 0.6 is 0 Å². The summed E-state index contributed by atoms with van der Waals surface area (Å²) in [5, 5.41) is 24.0.